The minimum atomic E-state index is 0.358. The molecule has 2 rings (SSSR count). The highest BCUT2D eigenvalue weighted by Gasteiger charge is 2.13. The maximum atomic E-state index is 6.03. The first-order chi connectivity index (χ1) is 8.36. The lowest BCUT2D eigenvalue weighted by atomic mass is 10.2. The predicted octanol–water partition coefficient (Wildman–Crippen LogP) is 2.95. The summed E-state index contributed by atoms with van der Waals surface area (Å²) in [4.78, 5) is 0. The lowest BCUT2D eigenvalue weighted by Gasteiger charge is -2.22. The van der Waals surface area contributed by atoms with Crippen LogP contribution in [0.25, 0.3) is 0 Å². The third-order valence-corrected chi connectivity index (χ3v) is 3.14. The molecule has 94 valence electrons. The van der Waals surface area contributed by atoms with Crippen LogP contribution in [0.15, 0.2) is 24.3 Å². The second kappa shape index (κ2) is 6.84. The fourth-order valence-electron chi connectivity index (χ4n) is 1.86. The van der Waals surface area contributed by atoms with E-state index in [9.17, 15) is 0 Å². The third kappa shape index (κ3) is 4.19. The highest BCUT2D eigenvalue weighted by Crippen LogP contribution is 2.20. The zero-order valence-corrected chi connectivity index (χ0v) is 10.6. The van der Waals surface area contributed by atoms with Gasteiger partial charge >= 0.3 is 0 Å². The van der Waals surface area contributed by atoms with Crippen molar-refractivity contribution in [1.82, 2.24) is 0 Å². The maximum absolute atomic E-state index is 6.03. The first-order valence-corrected chi connectivity index (χ1v) is 6.42. The van der Waals surface area contributed by atoms with Crippen LogP contribution in [0.4, 0.5) is 5.69 Å². The molecule has 0 amide bonds. The van der Waals surface area contributed by atoms with Gasteiger partial charge in [-0.1, -0.05) is 23.7 Å². The molecule has 0 unspecified atom stereocenters. The summed E-state index contributed by atoms with van der Waals surface area (Å²) in [5, 5.41) is 4.01. The van der Waals surface area contributed by atoms with E-state index in [4.69, 9.17) is 21.1 Å². The zero-order valence-electron chi connectivity index (χ0n) is 9.82. The fraction of sp³-hybridized carbons (Fsp3) is 0.538. The molecule has 0 spiro atoms. The summed E-state index contributed by atoms with van der Waals surface area (Å²) in [6.07, 6.45) is 2.37. The summed E-state index contributed by atoms with van der Waals surface area (Å²) >= 11 is 6.03. The monoisotopic (exact) mass is 255 g/mol. The third-order valence-electron chi connectivity index (χ3n) is 2.81. The van der Waals surface area contributed by atoms with E-state index in [1.165, 1.54) is 0 Å². The number of halogens is 1. The van der Waals surface area contributed by atoms with Gasteiger partial charge in [-0.2, -0.15) is 0 Å². The van der Waals surface area contributed by atoms with E-state index in [0.29, 0.717) is 12.7 Å². The first kappa shape index (κ1) is 12.7. The fourth-order valence-corrected chi connectivity index (χ4v) is 2.06. The molecule has 0 radical (unpaired) electrons. The van der Waals surface area contributed by atoms with Gasteiger partial charge in [-0.05, 0) is 25.0 Å². The van der Waals surface area contributed by atoms with Crippen LogP contribution < -0.4 is 5.32 Å². The van der Waals surface area contributed by atoms with Gasteiger partial charge in [-0.25, -0.2) is 0 Å². The van der Waals surface area contributed by atoms with Crippen molar-refractivity contribution < 1.29 is 9.47 Å². The smallest absolute Gasteiger partial charge is 0.0642 e. The lowest BCUT2D eigenvalue weighted by Crippen LogP contribution is -2.25. The van der Waals surface area contributed by atoms with Gasteiger partial charge < -0.3 is 14.8 Å². The Labute approximate surface area is 107 Å². The second-order valence-corrected chi connectivity index (χ2v) is 4.50. The van der Waals surface area contributed by atoms with Gasteiger partial charge in [-0.15, -0.1) is 0 Å². The highest BCUT2D eigenvalue weighted by molar-refractivity contribution is 6.33. The Balaban J connectivity index is 1.64. The Bertz CT molecular complexity index is 340. The van der Waals surface area contributed by atoms with Crippen LogP contribution in [-0.4, -0.2) is 32.5 Å². The van der Waals surface area contributed by atoms with Crippen molar-refractivity contribution >= 4 is 17.3 Å². The van der Waals surface area contributed by atoms with Gasteiger partial charge in [0.1, 0.15) is 0 Å². The van der Waals surface area contributed by atoms with Crippen LogP contribution >= 0.6 is 11.6 Å². The molecule has 4 heteroatoms. The summed E-state index contributed by atoms with van der Waals surface area (Å²) in [6.45, 7) is 3.13. The number of rotatable bonds is 5. The normalized spacial score (nSPS) is 17.0. The maximum Gasteiger partial charge on any atom is 0.0642 e. The largest absolute Gasteiger partial charge is 0.382 e. The quantitative estimate of drug-likeness (QED) is 0.821. The van der Waals surface area contributed by atoms with E-state index in [1.807, 2.05) is 24.3 Å². The van der Waals surface area contributed by atoms with Gasteiger partial charge in [0.25, 0.3) is 0 Å². The SMILES string of the molecule is Clc1ccccc1NCCOC1CCOCC1. The van der Waals surface area contributed by atoms with Crippen LogP contribution in [0.1, 0.15) is 12.8 Å². The number of anilines is 1. The van der Waals surface area contributed by atoms with Crippen molar-refractivity contribution in [3.05, 3.63) is 29.3 Å². The second-order valence-electron chi connectivity index (χ2n) is 4.09. The minimum absolute atomic E-state index is 0.358. The van der Waals surface area contributed by atoms with Crippen molar-refractivity contribution in [3.8, 4) is 0 Å². The standard InChI is InChI=1S/C13H18ClNO2/c14-12-3-1-2-4-13(12)15-7-10-17-11-5-8-16-9-6-11/h1-4,11,15H,5-10H2. The average molecular weight is 256 g/mol. The van der Waals surface area contributed by atoms with Crippen LogP contribution in [-0.2, 0) is 9.47 Å². The van der Waals surface area contributed by atoms with E-state index < -0.39 is 0 Å². The van der Waals surface area contributed by atoms with E-state index >= 15 is 0 Å². The molecule has 1 heterocycles. The van der Waals surface area contributed by atoms with E-state index in [-0.39, 0.29) is 0 Å². The van der Waals surface area contributed by atoms with Gasteiger partial charge in [-0.3, -0.25) is 0 Å². The van der Waals surface area contributed by atoms with E-state index in [0.717, 1.165) is 43.3 Å². The molecule has 3 nitrogen and oxygen atoms in total. The number of benzene rings is 1. The van der Waals surface area contributed by atoms with Crippen molar-refractivity contribution in [3.63, 3.8) is 0 Å². The molecular weight excluding hydrogens is 238 g/mol. The summed E-state index contributed by atoms with van der Waals surface area (Å²) in [6, 6.07) is 7.74. The summed E-state index contributed by atoms with van der Waals surface area (Å²) in [7, 11) is 0. The molecule has 1 fully saturated rings. The number of hydrogen-bond donors (Lipinski definition) is 1. The van der Waals surface area contributed by atoms with Crippen LogP contribution in [0.3, 0.4) is 0 Å². The van der Waals surface area contributed by atoms with Gasteiger partial charge in [0.05, 0.1) is 23.4 Å². The lowest BCUT2D eigenvalue weighted by molar-refractivity contribution is -0.0283. The number of hydrogen-bond acceptors (Lipinski definition) is 3. The highest BCUT2D eigenvalue weighted by atomic mass is 35.5. The number of ether oxygens (including phenoxy) is 2. The Kier molecular flexibility index (Phi) is 5.10. The van der Waals surface area contributed by atoms with Gasteiger partial charge in [0.15, 0.2) is 0 Å². The topological polar surface area (TPSA) is 30.5 Å². The molecule has 1 aromatic carbocycles. The van der Waals surface area contributed by atoms with Crippen LogP contribution in [0, 0.1) is 0 Å². The summed E-state index contributed by atoms with van der Waals surface area (Å²) in [5.74, 6) is 0. The Morgan fingerprint density at radius 2 is 2.06 bits per heavy atom. The van der Waals surface area contributed by atoms with Crippen LogP contribution in [0.2, 0.25) is 5.02 Å². The molecule has 1 aliphatic heterocycles. The van der Waals surface area contributed by atoms with Crippen molar-refractivity contribution in [1.29, 1.82) is 0 Å². The molecule has 0 bridgehead atoms. The summed E-state index contributed by atoms with van der Waals surface area (Å²) < 4.78 is 11.0. The molecule has 1 aromatic rings. The van der Waals surface area contributed by atoms with Gasteiger partial charge in [0.2, 0.25) is 0 Å². The molecule has 0 aromatic heterocycles. The van der Waals surface area contributed by atoms with Crippen molar-refractivity contribution in [2.24, 2.45) is 0 Å². The Hall–Kier alpha value is -0.770. The molecule has 0 atom stereocenters. The molecule has 17 heavy (non-hydrogen) atoms. The van der Waals surface area contributed by atoms with E-state index in [1.54, 1.807) is 0 Å². The molecule has 0 aliphatic carbocycles. The van der Waals surface area contributed by atoms with E-state index in [2.05, 4.69) is 5.32 Å². The zero-order chi connectivity index (χ0) is 11.9. The predicted molar refractivity (Wildman–Crippen MR) is 69.7 cm³/mol. The number of nitrogens with one attached hydrogen (secondary N) is 1. The molecule has 0 saturated carbocycles. The summed E-state index contributed by atoms with van der Waals surface area (Å²) in [5.41, 5.74) is 0.963. The Morgan fingerprint density at radius 1 is 1.29 bits per heavy atom. The average Bonchev–Trinajstić information content (AvgIpc) is 2.38. The van der Waals surface area contributed by atoms with Crippen molar-refractivity contribution in [2.45, 2.75) is 18.9 Å². The Morgan fingerprint density at radius 3 is 2.82 bits per heavy atom. The minimum Gasteiger partial charge on any atom is -0.382 e. The molecule has 1 N–H and O–H groups in total. The first-order valence-electron chi connectivity index (χ1n) is 6.04. The van der Waals surface area contributed by atoms with Gasteiger partial charge in [0, 0.05) is 19.8 Å². The van der Waals surface area contributed by atoms with Crippen LogP contribution in [0.5, 0.6) is 0 Å². The molecular formula is C13H18ClNO2. The molecule has 1 aliphatic rings. The van der Waals surface area contributed by atoms with Crippen molar-refractivity contribution in [2.75, 3.05) is 31.7 Å². The molecule has 1 saturated heterocycles. The number of para-hydroxylation sites is 1.